The Kier molecular flexibility index (Phi) is 6.08. The number of sulfonamides is 1. The van der Waals surface area contributed by atoms with E-state index < -0.39 is 15.6 Å². The van der Waals surface area contributed by atoms with E-state index in [2.05, 4.69) is 4.72 Å². The molecule has 0 spiro atoms. The second-order valence-corrected chi connectivity index (χ2v) is 7.54. The molecule has 1 saturated carbocycles. The minimum atomic E-state index is -3.23. The van der Waals surface area contributed by atoms with Gasteiger partial charge in [0, 0.05) is 12.1 Å². The van der Waals surface area contributed by atoms with Gasteiger partial charge in [0.05, 0.1) is 5.75 Å². The third-order valence-electron chi connectivity index (χ3n) is 4.03. The van der Waals surface area contributed by atoms with Crippen molar-refractivity contribution in [2.24, 2.45) is 5.92 Å². The SMILES string of the molecule is CCC(C)(CCO)NS(=O)(=O)CC1CCCCC1. The van der Waals surface area contributed by atoms with Crippen molar-refractivity contribution in [2.45, 2.75) is 64.3 Å². The minimum absolute atomic E-state index is 0.0102. The van der Waals surface area contributed by atoms with Gasteiger partial charge in [0.2, 0.25) is 10.0 Å². The van der Waals surface area contributed by atoms with Gasteiger partial charge in [0.1, 0.15) is 0 Å². The van der Waals surface area contributed by atoms with E-state index in [-0.39, 0.29) is 12.4 Å². The van der Waals surface area contributed by atoms with Gasteiger partial charge >= 0.3 is 0 Å². The van der Waals surface area contributed by atoms with E-state index in [4.69, 9.17) is 5.11 Å². The smallest absolute Gasteiger partial charge is 0.212 e. The first-order valence-corrected chi connectivity index (χ1v) is 8.68. The Balaban J connectivity index is 2.56. The summed E-state index contributed by atoms with van der Waals surface area (Å²) in [7, 11) is -3.23. The second kappa shape index (κ2) is 6.87. The fraction of sp³-hybridized carbons (Fsp3) is 1.00. The number of aliphatic hydroxyl groups is 1. The lowest BCUT2D eigenvalue weighted by molar-refractivity contribution is 0.233. The standard InChI is InChI=1S/C13H27NO3S/c1-3-13(2,9-10-15)14-18(16,17)11-12-7-5-4-6-8-12/h12,14-15H,3-11H2,1-2H3. The molecular weight excluding hydrogens is 250 g/mol. The summed E-state index contributed by atoms with van der Waals surface area (Å²) in [5.74, 6) is 0.556. The molecule has 1 rings (SSSR count). The van der Waals surface area contributed by atoms with Crippen LogP contribution in [-0.2, 0) is 10.0 Å². The Hall–Kier alpha value is -0.130. The second-order valence-electron chi connectivity index (χ2n) is 5.78. The number of hydrogen-bond donors (Lipinski definition) is 2. The first kappa shape index (κ1) is 15.9. The molecule has 0 aromatic rings. The van der Waals surface area contributed by atoms with Crippen LogP contribution in [0.5, 0.6) is 0 Å². The first-order chi connectivity index (χ1) is 8.41. The van der Waals surface area contributed by atoms with Gasteiger partial charge in [0.25, 0.3) is 0 Å². The molecule has 1 aliphatic rings. The number of hydrogen-bond acceptors (Lipinski definition) is 3. The maximum Gasteiger partial charge on any atom is 0.212 e. The molecule has 0 saturated heterocycles. The van der Waals surface area contributed by atoms with E-state index in [1.54, 1.807) is 0 Å². The van der Waals surface area contributed by atoms with E-state index in [1.165, 1.54) is 6.42 Å². The lowest BCUT2D eigenvalue weighted by Gasteiger charge is -2.30. The van der Waals surface area contributed by atoms with Crippen LogP contribution in [0.2, 0.25) is 0 Å². The highest BCUT2D eigenvalue weighted by Crippen LogP contribution is 2.25. The molecule has 108 valence electrons. The molecule has 1 fully saturated rings. The summed E-state index contributed by atoms with van der Waals surface area (Å²) < 4.78 is 27.1. The average molecular weight is 277 g/mol. The topological polar surface area (TPSA) is 66.4 Å². The van der Waals surface area contributed by atoms with Gasteiger partial charge in [-0.05, 0) is 38.5 Å². The van der Waals surface area contributed by atoms with E-state index in [0.29, 0.717) is 18.8 Å². The van der Waals surface area contributed by atoms with E-state index in [9.17, 15) is 8.42 Å². The number of nitrogens with one attached hydrogen (secondary N) is 1. The van der Waals surface area contributed by atoms with Gasteiger partial charge in [-0.2, -0.15) is 0 Å². The van der Waals surface area contributed by atoms with Crippen molar-refractivity contribution >= 4 is 10.0 Å². The molecule has 0 aliphatic heterocycles. The lowest BCUT2D eigenvalue weighted by Crippen LogP contribution is -2.47. The first-order valence-electron chi connectivity index (χ1n) is 7.03. The van der Waals surface area contributed by atoms with Crippen molar-refractivity contribution in [1.29, 1.82) is 0 Å². The van der Waals surface area contributed by atoms with Crippen molar-refractivity contribution in [3.8, 4) is 0 Å². The summed E-state index contributed by atoms with van der Waals surface area (Å²) in [5.41, 5.74) is -0.512. The zero-order valence-electron chi connectivity index (χ0n) is 11.6. The van der Waals surface area contributed by atoms with Crippen LogP contribution in [0.1, 0.15) is 58.8 Å². The van der Waals surface area contributed by atoms with Gasteiger partial charge in [-0.15, -0.1) is 0 Å². The van der Waals surface area contributed by atoms with Crippen LogP contribution in [0.25, 0.3) is 0 Å². The molecule has 4 nitrogen and oxygen atoms in total. The largest absolute Gasteiger partial charge is 0.396 e. The Labute approximate surface area is 111 Å². The molecule has 1 atom stereocenters. The van der Waals surface area contributed by atoms with Gasteiger partial charge in [-0.25, -0.2) is 13.1 Å². The van der Waals surface area contributed by atoms with Crippen molar-refractivity contribution in [1.82, 2.24) is 4.72 Å². The molecule has 5 heteroatoms. The van der Waals surface area contributed by atoms with Gasteiger partial charge < -0.3 is 5.11 Å². The lowest BCUT2D eigenvalue weighted by atomic mass is 9.91. The van der Waals surface area contributed by atoms with Crippen molar-refractivity contribution < 1.29 is 13.5 Å². The molecule has 0 amide bonds. The molecule has 1 unspecified atom stereocenters. The van der Waals surface area contributed by atoms with Gasteiger partial charge in [-0.1, -0.05) is 26.2 Å². The summed E-state index contributed by atoms with van der Waals surface area (Å²) in [6.07, 6.45) is 6.77. The fourth-order valence-corrected chi connectivity index (χ4v) is 4.66. The molecule has 18 heavy (non-hydrogen) atoms. The average Bonchev–Trinajstić information content (AvgIpc) is 2.29. The maximum absolute atomic E-state index is 12.2. The summed E-state index contributed by atoms with van der Waals surface area (Å²) in [6.45, 7) is 3.82. The Bertz CT molecular complexity index is 336. The zero-order valence-corrected chi connectivity index (χ0v) is 12.4. The van der Waals surface area contributed by atoms with E-state index in [1.807, 2.05) is 13.8 Å². The molecule has 2 N–H and O–H groups in total. The van der Waals surface area contributed by atoms with Crippen LogP contribution in [0.15, 0.2) is 0 Å². The van der Waals surface area contributed by atoms with Crippen LogP contribution in [0.4, 0.5) is 0 Å². The monoisotopic (exact) mass is 277 g/mol. The highest BCUT2D eigenvalue weighted by atomic mass is 32.2. The molecule has 0 bridgehead atoms. The molecule has 0 heterocycles. The van der Waals surface area contributed by atoms with Crippen molar-refractivity contribution in [3.05, 3.63) is 0 Å². The third kappa shape index (κ3) is 5.24. The predicted octanol–water partition coefficient (Wildman–Crippen LogP) is 2.04. The summed E-state index contributed by atoms with van der Waals surface area (Å²) >= 11 is 0. The van der Waals surface area contributed by atoms with Crippen LogP contribution in [0, 0.1) is 5.92 Å². The molecular formula is C13H27NO3S. The summed E-state index contributed by atoms with van der Waals surface area (Å²) in [5, 5.41) is 9.02. The number of rotatable bonds is 7. The number of aliphatic hydroxyl groups excluding tert-OH is 1. The highest BCUT2D eigenvalue weighted by molar-refractivity contribution is 7.89. The molecule has 0 aromatic carbocycles. The maximum atomic E-state index is 12.2. The predicted molar refractivity (Wildman–Crippen MR) is 73.9 cm³/mol. The normalized spacial score (nSPS) is 21.7. The van der Waals surface area contributed by atoms with Crippen LogP contribution >= 0.6 is 0 Å². The zero-order chi connectivity index (χ0) is 13.6. The summed E-state index contributed by atoms with van der Waals surface area (Å²) in [6, 6.07) is 0. The fourth-order valence-electron chi connectivity index (χ4n) is 2.63. The summed E-state index contributed by atoms with van der Waals surface area (Å²) in [4.78, 5) is 0. The quantitative estimate of drug-likeness (QED) is 0.748. The van der Waals surface area contributed by atoms with Crippen LogP contribution in [0.3, 0.4) is 0 Å². The van der Waals surface area contributed by atoms with Crippen LogP contribution < -0.4 is 4.72 Å². The van der Waals surface area contributed by atoms with Gasteiger partial charge in [-0.3, -0.25) is 0 Å². The van der Waals surface area contributed by atoms with E-state index >= 15 is 0 Å². The highest BCUT2D eigenvalue weighted by Gasteiger charge is 2.29. The molecule has 0 aromatic heterocycles. The van der Waals surface area contributed by atoms with Gasteiger partial charge in [0.15, 0.2) is 0 Å². The Morgan fingerprint density at radius 3 is 2.39 bits per heavy atom. The molecule has 0 radical (unpaired) electrons. The Morgan fingerprint density at radius 2 is 1.89 bits per heavy atom. The third-order valence-corrected chi connectivity index (χ3v) is 5.74. The van der Waals surface area contributed by atoms with Crippen molar-refractivity contribution in [3.63, 3.8) is 0 Å². The van der Waals surface area contributed by atoms with Crippen LogP contribution in [-0.4, -0.2) is 31.4 Å². The van der Waals surface area contributed by atoms with E-state index in [0.717, 1.165) is 25.7 Å². The van der Waals surface area contributed by atoms with Crippen molar-refractivity contribution in [2.75, 3.05) is 12.4 Å². The Morgan fingerprint density at radius 1 is 1.28 bits per heavy atom. The molecule has 1 aliphatic carbocycles. The minimum Gasteiger partial charge on any atom is -0.396 e.